The van der Waals surface area contributed by atoms with E-state index in [1.807, 2.05) is 19.9 Å². The van der Waals surface area contributed by atoms with Crippen LogP contribution in [0.15, 0.2) is 12.1 Å². The van der Waals surface area contributed by atoms with E-state index in [9.17, 15) is 0 Å². The van der Waals surface area contributed by atoms with Crippen LogP contribution in [-0.4, -0.2) is 32.1 Å². The Morgan fingerprint density at radius 3 is 2.50 bits per heavy atom. The predicted octanol–water partition coefficient (Wildman–Crippen LogP) is 3.29. The summed E-state index contributed by atoms with van der Waals surface area (Å²) in [4.78, 5) is 2.15. The first-order valence-electron chi connectivity index (χ1n) is 5.55. The van der Waals surface area contributed by atoms with Crippen LogP contribution in [0.2, 0.25) is 5.02 Å². The van der Waals surface area contributed by atoms with Gasteiger partial charge in [-0.2, -0.15) is 0 Å². The third-order valence-corrected chi connectivity index (χ3v) is 2.65. The first kappa shape index (κ1) is 13.3. The van der Waals surface area contributed by atoms with E-state index in [1.165, 1.54) is 5.56 Å². The summed E-state index contributed by atoms with van der Waals surface area (Å²) in [5, 5.41) is 0.711. The van der Waals surface area contributed by atoms with E-state index in [1.54, 1.807) is 0 Å². The Bertz CT molecular complexity index is 327. The van der Waals surface area contributed by atoms with Gasteiger partial charge in [-0.3, -0.25) is 0 Å². The van der Waals surface area contributed by atoms with Crippen LogP contribution in [0.1, 0.15) is 17.5 Å². The zero-order valence-corrected chi connectivity index (χ0v) is 11.3. The maximum Gasteiger partial charge on any atom is 0.140 e. The molecule has 0 bridgehead atoms. The standard InChI is InChI=1S/C13H20ClNO/c1-10-8-11(2)13(12(14)9-10)16-7-5-6-15(3)4/h8-9H,5-7H2,1-4H3. The van der Waals surface area contributed by atoms with E-state index >= 15 is 0 Å². The first-order chi connectivity index (χ1) is 7.50. The van der Waals surface area contributed by atoms with Crippen molar-refractivity contribution in [3.8, 4) is 5.75 Å². The predicted molar refractivity (Wildman–Crippen MR) is 69.6 cm³/mol. The van der Waals surface area contributed by atoms with Crippen molar-refractivity contribution in [2.45, 2.75) is 20.3 Å². The molecule has 0 aliphatic carbocycles. The Kier molecular flexibility index (Phi) is 5.10. The second-order valence-electron chi connectivity index (χ2n) is 4.40. The molecule has 0 N–H and O–H groups in total. The third-order valence-electron chi connectivity index (χ3n) is 2.37. The largest absolute Gasteiger partial charge is 0.492 e. The normalized spacial score (nSPS) is 10.9. The second-order valence-corrected chi connectivity index (χ2v) is 4.81. The molecular weight excluding hydrogens is 222 g/mol. The van der Waals surface area contributed by atoms with Gasteiger partial charge < -0.3 is 9.64 Å². The number of ether oxygens (including phenoxy) is 1. The molecule has 0 fully saturated rings. The zero-order chi connectivity index (χ0) is 12.1. The molecule has 0 unspecified atom stereocenters. The van der Waals surface area contributed by atoms with E-state index in [-0.39, 0.29) is 0 Å². The van der Waals surface area contributed by atoms with Gasteiger partial charge >= 0.3 is 0 Å². The molecule has 0 amide bonds. The lowest BCUT2D eigenvalue weighted by Crippen LogP contribution is -2.15. The van der Waals surface area contributed by atoms with Gasteiger partial charge in [0.1, 0.15) is 5.75 Å². The van der Waals surface area contributed by atoms with Crippen LogP contribution in [0.5, 0.6) is 5.75 Å². The number of rotatable bonds is 5. The number of hydrogen-bond donors (Lipinski definition) is 0. The highest BCUT2D eigenvalue weighted by molar-refractivity contribution is 6.32. The average molecular weight is 242 g/mol. The number of benzene rings is 1. The van der Waals surface area contributed by atoms with Gasteiger partial charge in [-0.15, -0.1) is 0 Å². The van der Waals surface area contributed by atoms with E-state index in [4.69, 9.17) is 16.3 Å². The molecule has 0 saturated heterocycles. The van der Waals surface area contributed by atoms with Gasteiger partial charge in [-0.1, -0.05) is 17.7 Å². The van der Waals surface area contributed by atoms with Crippen LogP contribution in [0, 0.1) is 13.8 Å². The summed E-state index contributed by atoms with van der Waals surface area (Å²) in [5.41, 5.74) is 2.28. The van der Waals surface area contributed by atoms with Gasteiger partial charge in [-0.25, -0.2) is 0 Å². The number of nitrogens with zero attached hydrogens (tertiary/aromatic N) is 1. The molecule has 0 aliphatic rings. The van der Waals surface area contributed by atoms with E-state index in [2.05, 4.69) is 25.1 Å². The quantitative estimate of drug-likeness (QED) is 0.734. The van der Waals surface area contributed by atoms with Gasteiger partial charge in [-0.05, 0) is 51.6 Å². The van der Waals surface area contributed by atoms with Gasteiger partial charge in [0.25, 0.3) is 0 Å². The molecule has 0 aromatic heterocycles. The highest BCUT2D eigenvalue weighted by Gasteiger charge is 2.06. The van der Waals surface area contributed by atoms with Crippen molar-refractivity contribution in [1.29, 1.82) is 0 Å². The zero-order valence-electron chi connectivity index (χ0n) is 10.5. The minimum atomic E-state index is 0.710. The lowest BCUT2D eigenvalue weighted by Gasteiger charge is -2.13. The fourth-order valence-corrected chi connectivity index (χ4v) is 2.02. The molecule has 90 valence electrons. The Hall–Kier alpha value is -0.730. The highest BCUT2D eigenvalue weighted by Crippen LogP contribution is 2.29. The summed E-state index contributed by atoms with van der Waals surface area (Å²) in [6, 6.07) is 4.03. The molecule has 1 rings (SSSR count). The summed E-state index contributed by atoms with van der Waals surface area (Å²) < 4.78 is 5.71. The maximum atomic E-state index is 6.14. The van der Waals surface area contributed by atoms with Crippen molar-refractivity contribution in [3.05, 3.63) is 28.3 Å². The summed E-state index contributed by atoms with van der Waals surface area (Å²) in [5.74, 6) is 0.825. The van der Waals surface area contributed by atoms with E-state index in [0.29, 0.717) is 11.6 Å². The smallest absolute Gasteiger partial charge is 0.140 e. The van der Waals surface area contributed by atoms with Crippen LogP contribution >= 0.6 is 11.6 Å². The number of aryl methyl sites for hydroxylation is 2. The monoisotopic (exact) mass is 241 g/mol. The molecule has 2 nitrogen and oxygen atoms in total. The Balaban J connectivity index is 2.54. The third kappa shape index (κ3) is 4.03. The minimum Gasteiger partial charge on any atom is -0.492 e. The molecule has 16 heavy (non-hydrogen) atoms. The molecule has 1 aromatic carbocycles. The minimum absolute atomic E-state index is 0.710. The summed E-state index contributed by atoms with van der Waals surface area (Å²) in [7, 11) is 4.12. The van der Waals surface area contributed by atoms with Gasteiger partial charge in [0, 0.05) is 6.54 Å². The van der Waals surface area contributed by atoms with E-state index in [0.717, 1.165) is 24.3 Å². The lowest BCUT2D eigenvalue weighted by molar-refractivity contribution is 0.280. The lowest BCUT2D eigenvalue weighted by atomic mass is 10.1. The topological polar surface area (TPSA) is 12.5 Å². The summed E-state index contributed by atoms with van der Waals surface area (Å²) in [6.45, 7) is 5.80. The molecule has 1 aromatic rings. The van der Waals surface area contributed by atoms with Crippen LogP contribution in [0.4, 0.5) is 0 Å². The van der Waals surface area contributed by atoms with Gasteiger partial charge in [0.2, 0.25) is 0 Å². The Labute approximate surface area is 103 Å². The van der Waals surface area contributed by atoms with Crippen molar-refractivity contribution < 1.29 is 4.74 Å². The van der Waals surface area contributed by atoms with E-state index < -0.39 is 0 Å². The SMILES string of the molecule is Cc1cc(C)c(OCCCN(C)C)c(Cl)c1. The van der Waals surface area contributed by atoms with Crippen LogP contribution < -0.4 is 4.74 Å². The molecule has 0 radical (unpaired) electrons. The molecule has 0 heterocycles. The second kappa shape index (κ2) is 6.12. The maximum absolute atomic E-state index is 6.14. The molecule has 0 saturated carbocycles. The van der Waals surface area contributed by atoms with Crippen LogP contribution in [0.25, 0.3) is 0 Å². The molecule has 0 atom stereocenters. The van der Waals surface area contributed by atoms with Crippen molar-refractivity contribution in [2.75, 3.05) is 27.2 Å². The van der Waals surface area contributed by atoms with Gasteiger partial charge in [0.05, 0.1) is 11.6 Å². The molecule has 0 spiro atoms. The average Bonchev–Trinajstić information content (AvgIpc) is 2.14. The first-order valence-corrected chi connectivity index (χ1v) is 5.93. The van der Waals surface area contributed by atoms with Crippen LogP contribution in [-0.2, 0) is 0 Å². The van der Waals surface area contributed by atoms with Crippen molar-refractivity contribution in [2.24, 2.45) is 0 Å². The fraction of sp³-hybridized carbons (Fsp3) is 0.538. The Morgan fingerprint density at radius 2 is 1.94 bits per heavy atom. The molecule has 0 aliphatic heterocycles. The summed E-state index contributed by atoms with van der Waals surface area (Å²) >= 11 is 6.14. The number of halogens is 1. The molecular formula is C13H20ClNO. The fourth-order valence-electron chi connectivity index (χ4n) is 1.64. The van der Waals surface area contributed by atoms with Crippen molar-refractivity contribution >= 4 is 11.6 Å². The number of hydrogen-bond acceptors (Lipinski definition) is 2. The molecule has 3 heteroatoms. The van der Waals surface area contributed by atoms with Crippen LogP contribution in [0.3, 0.4) is 0 Å². The Morgan fingerprint density at radius 1 is 1.25 bits per heavy atom. The highest BCUT2D eigenvalue weighted by atomic mass is 35.5. The van der Waals surface area contributed by atoms with Crippen molar-refractivity contribution in [1.82, 2.24) is 4.90 Å². The van der Waals surface area contributed by atoms with Crippen molar-refractivity contribution in [3.63, 3.8) is 0 Å². The summed E-state index contributed by atoms with van der Waals surface area (Å²) in [6.07, 6.45) is 1.01. The van der Waals surface area contributed by atoms with Gasteiger partial charge in [0.15, 0.2) is 0 Å².